The van der Waals surface area contributed by atoms with Crippen LogP contribution < -0.4 is 0 Å². The monoisotopic (exact) mass is 366 g/mol. The fourth-order valence-corrected chi connectivity index (χ4v) is 4.24. The van der Waals surface area contributed by atoms with E-state index in [2.05, 4.69) is 10.1 Å². The van der Waals surface area contributed by atoms with Crippen molar-refractivity contribution >= 4 is 17.2 Å². The van der Waals surface area contributed by atoms with Gasteiger partial charge in [0.15, 0.2) is 0 Å². The van der Waals surface area contributed by atoms with E-state index in [1.807, 2.05) is 58.5 Å². The molecule has 3 aromatic rings. The smallest absolute Gasteiger partial charge is 0.273 e. The second-order valence-corrected chi connectivity index (χ2v) is 7.61. The highest BCUT2D eigenvalue weighted by Crippen LogP contribution is 2.27. The third-order valence-corrected chi connectivity index (χ3v) is 5.91. The molecule has 2 aromatic heterocycles. The number of aromatic nitrogens is 3. The SMILES string of the molecule is CN(C(=O)c1csc(-c2cnn(-c3ccccc3)c2)n1)C1CCCCC1. The average molecular weight is 366 g/mol. The minimum absolute atomic E-state index is 0.0230. The van der Waals surface area contributed by atoms with E-state index in [0.717, 1.165) is 29.1 Å². The lowest BCUT2D eigenvalue weighted by Crippen LogP contribution is -2.38. The van der Waals surface area contributed by atoms with Gasteiger partial charge in [0.25, 0.3) is 5.91 Å². The van der Waals surface area contributed by atoms with Gasteiger partial charge >= 0.3 is 0 Å². The number of carbonyl (C=O) groups is 1. The average Bonchev–Trinajstić information content (AvgIpc) is 3.38. The zero-order chi connectivity index (χ0) is 17.9. The van der Waals surface area contributed by atoms with Crippen LogP contribution in [0.5, 0.6) is 0 Å². The van der Waals surface area contributed by atoms with Crippen molar-refractivity contribution in [2.75, 3.05) is 7.05 Å². The van der Waals surface area contributed by atoms with Crippen molar-refractivity contribution in [1.29, 1.82) is 0 Å². The zero-order valence-corrected chi connectivity index (χ0v) is 15.7. The zero-order valence-electron chi connectivity index (χ0n) is 14.8. The van der Waals surface area contributed by atoms with E-state index in [0.29, 0.717) is 11.7 Å². The molecular weight excluding hydrogens is 344 g/mol. The summed E-state index contributed by atoms with van der Waals surface area (Å²) >= 11 is 1.49. The van der Waals surface area contributed by atoms with Crippen molar-refractivity contribution in [2.45, 2.75) is 38.1 Å². The van der Waals surface area contributed by atoms with Crippen LogP contribution in [0.3, 0.4) is 0 Å². The predicted molar refractivity (Wildman–Crippen MR) is 104 cm³/mol. The van der Waals surface area contributed by atoms with Crippen LogP contribution >= 0.6 is 11.3 Å². The molecule has 1 saturated carbocycles. The highest BCUT2D eigenvalue weighted by molar-refractivity contribution is 7.13. The van der Waals surface area contributed by atoms with Crippen LogP contribution in [-0.4, -0.2) is 38.7 Å². The second kappa shape index (κ2) is 7.41. The molecule has 0 radical (unpaired) electrons. The maximum atomic E-state index is 12.8. The number of hydrogen-bond acceptors (Lipinski definition) is 4. The molecule has 2 heterocycles. The van der Waals surface area contributed by atoms with Crippen LogP contribution in [0.2, 0.25) is 0 Å². The summed E-state index contributed by atoms with van der Waals surface area (Å²) < 4.78 is 1.83. The van der Waals surface area contributed by atoms with Crippen LogP contribution in [0, 0.1) is 0 Å². The molecule has 0 bridgehead atoms. The molecule has 5 nitrogen and oxygen atoms in total. The Morgan fingerprint density at radius 2 is 1.96 bits per heavy atom. The molecule has 1 fully saturated rings. The Labute approximate surface area is 157 Å². The van der Waals surface area contributed by atoms with Gasteiger partial charge in [-0.3, -0.25) is 4.79 Å². The number of thiazole rings is 1. The van der Waals surface area contributed by atoms with Crippen molar-refractivity contribution in [3.63, 3.8) is 0 Å². The maximum absolute atomic E-state index is 12.8. The molecule has 1 aliphatic carbocycles. The lowest BCUT2D eigenvalue weighted by atomic mass is 9.94. The molecule has 0 spiro atoms. The Morgan fingerprint density at radius 1 is 1.19 bits per heavy atom. The molecule has 0 saturated heterocycles. The summed E-state index contributed by atoms with van der Waals surface area (Å²) in [6.45, 7) is 0. The van der Waals surface area contributed by atoms with E-state index in [1.54, 1.807) is 6.20 Å². The Hall–Kier alpha value is -2.47. The number of nitrogens with zero attached hydrogens (tertiary/aromatic N) is 4. The first-order valence-corrected chi connectivity index (χ1v) is 9.93. The van der Waals surface area contributed by atoms with E-state index >= 15 is 0 Å². The number of hydrogen-bond donors (Lipinski definition) is 0. The van der Waals surface area contributed by atoms with E-state index in [-0.39, 0.29) is 5.91 Å². The summed E-state index contributed by atoms with van der Waals surface area (Å²) in [6.07, 6.45) is 9.65. The molecule has 0 N–H and O–H groups in total. The minimum Gasteiger partial charge on any atom is -0.337 e. The predicted octanol–water partition coefficient (Wildman–Crippen LogP) is 4.40. The Morgan fingerprint density at radius 3 is 2.73 bits per heavy atom. The maximum Gasteiger partial charge on any atom is 0.273 e. The van der Waals surface area contributed by atoms with E-state index in [1.165, 1.54) is 30.6 Å². The first kappa shape index (κ1) is 17.0. The number of amides is 1. The van der Waals surface area contributed by atoms with E-state index in [9.17, 15) is 4.79 Å². The molecule has 0 unspecified atom stereocenters. The van der Waals surface area contributed by atoms with Gasteiger partial charge in [0.05, 0.1) is 11.9 Å². The van der Waals surface area contributed by atoms with Crippen LogP contribution in [-0.2, 0) is 0 Å². The Bertz CT molecular complexity index is 880. The summed E-state index contributed by atoms with van der Waals surface area (Å²) in [6, 6.07) is 10.3. The summed E-state index contributed by atoms with van der Waals surface area (Å²) in [5.41, 5.74) is 2.47. The Balaban J connectivity index is 1.51. The standard InChI is InChI=1S/C20H22N4OS/c1-23(16-8-4-2-5-9-16)20(25)18-14-26-19(22-18)15-12-21-24(13-15)17-10-6-3-7-11-17/h3,6-7,10-14,16H,2,4-5,8-9H2,1H3. The van der Waals surface area contributed by atoms with Gasteiger partial charge in [-0.15, -0.1) is 11.3 Å². The summed E-state index contributed by atoms with van der Waals surface area (Å²) in [5, 5.41) is 7.10. The minimum atomic E-state index is 0.0230. The third kappa shape index (κ3) is 3.42. The molecule has 0 aliphatic heterocycles. The quantitative estimate of drug-likeness (QED) is 0.688. The topological polar surface area (TPSA) is 51.0 Å². The summed E-state index contributed by atoms with van der Waals surface area (Å²) in [5.74, 6) is 0.0230. The Kier molecular flexibility index (Phi) is 4.84. The van der Waals surface area contributed by atoms with Crippen LogP contribution in [0.15, 0.2) is 48.1 Å². The molecule has 1 aliphatic rings. The van der Waals surface area contributed by atoms with E-state index < -0.39 is 0 Å². The van der Waals surface area contributed by atoms with Gasteiger partial charge in [0.1, 0.15) is 10.7 Å². The molecule has 1 amide bonds. The van der Waals surface area contributed by atoms with Crippen molar-refractivity contribution in [1.82, 2.24) is 19.7 Å². The molecule has 0 atom stereocenters. The summed E-state index contributed by atoms with van der Waals surface area (Å²) in [4.78, 5) is 19.2. The first-order valence-electron chi connectivity index (χ1n) is 9.05. The van der Waals surface area contributed by atoms with Crippen molar-refractivity contribution in [3.05, 3.63) is 53.8 Å². The summed E-state index contributed by atoms with van der Waals surface area (Å²) in [7, 11) is 1.91. The number of benzene rings is 1. The number of rotatable bonds is 4. The molecular formula is C20H22N4OS. The lowest BCUT2D eigenvalue weighted by molar-refractivity contribution is 0.0691. The normalized spacial score (nSPS) is 15.1. The third-order valence-electron chi connectivity index (χ3n) is 5.02. The van der Waals surface area contributed by atoms with Crippen molar-refractivity contribution < 1.29 is 4.79 Å². The van der Waals surface area contributed by atoms with Gasteiger partial charge in [-0.1, -0.05) is 37.5 Å². The van der Waals surface area contributed by atoms with Crippen LogP contribution in [0.25, 0.3) is 16.3 Å². The van der Waals surface area contributed by atoms with Crippen LogP contribution in [0.4, 0.5) is 0 Å². The van der Waals surface area contributed by atoms with Gasteiger partial charge < -0.3 is 4.90 Å². The highest BCUT2D eigenvalue weighted by Gasteiger charge is 2.24. The fourth-order valence-electron chi connectivity index (χ4n) is 3.47. The largest absolute Gasteiger partial charge is 0.337 e. The highest BCUT2D eigenvalue weighted by atomic mass is 32.1. The molecule has 4 rings (SSSR count). The first-order chi connectivity index (χ1) is 12.7. The van der Waals surface area contributed by atoms with Crippen molar-refractivity contribution in [3.8, 4) is 16.3 Å². The molecule has 134 valence electrons. The number of carbonyl (C=O) groups excluding carboxylic acids is 1. The molecule has 1 aromatic carbocycles. The van der Waals surface area contributed by atoms with Gasteiger partial charge in [0.2, 0.25) is 0 Å². The number of para-hydroxylation sites is 1. The van der Waals surface area contributed by atoms with Gasteiger partial charge in [-0.2, -0.15) is 5.10 Å². The molecule has 26 heavy (non-hydrogen) atoms. The van der Waals surface area contributed by atoms with Crippen LogP contribution in [0.1, 0.15) is 42.6 Å². The lowest BCUT2D eigenvalue weighted by Gasteiger charge is -2.30. The van der Waals surface area contributed by atoms with Gasteiger partial charge in [-0.05, 0) is 25.0 Å². The van der Waals surface area contributed by atoms with Gasteiger partial charge in [-0.25, -0.2) is 9.67 Å². The van der Waals surface area contributed by atoms with Gasteiger partial charge in [0, 0.05) is 30.2 Å². The van der Waals surface area contributed by atoms with E-state index in [4.69, 9.17) is 0 Å². The molecule has 6 heteroatoms. The van der Waals surface area contributed by atoms with Crippen molar-refractivity contribution in [2.24, 2.45) is 0 Å². The fraction of sp³-hybridized carbons (Fsp3) is 0.350. The second-order valence-electron chi connectivity index (χ2n) is 6.75.